The molecule has 4 aromatic rings. The van der Waals surface area contributed by atoms with E-state index >= 15 is 0 Å². The summed E-state index contributed by atoms with van der Waals surface area (Å²) >= 11 is 6.07. The SMILES string of the molecule is O=C(COc1ccc(OCc2ccccc2)cc1)Nc1cc(Cl)ccc1-n1cncn1. The molecule has 1 heterocycles. The quantitative estimate of drug-likeness (QED) is 0.441. The smallest absolute Gasteiger partial charge is 0.262 e. The van der Waals surface area contributed by atoms with Crippen LogP contribution in [-0.2, 0) is 11.4 Å². The fourth-order valence-electron chi connectivity index (χ4n) is 2.85. The van der Waals surface area contributed by atoms with E-state index in [2.05, 4.69) is 15.4 Å². The number of ether oxygens (including phenoxy) is 2. The molecule has 0 saturated carbocycles. The second-order valence-electron chi connectivity index (χ2n) is 6.58. The minimum absolute atomic E-state index is 0.159. The minimum atomic E-state index is -0.326. The van der Waals surface area contributed by atoms with Gasteiger partial charge in [-0.3, -0.25) is 4.79 Å². The lowest BCUT2D eigenvalue weighted by Crippen LogP contribution is -2.21. The fourth-order valence-corrected chi connectivity index (χ4v) is 3.02. The zero-order valence-corrected chi connectivity index (χ0v) is 17.2. The zero-order valence-electron chi connectivity index (χ0n) is 16.4. The molecule has 7 nitrogen and oxygen atoms in total. The highest BCUT2D eigenvalue weighted by atomic mass is 35.5. The molecule has 0 saturated heterocycles. The van der Waals surface area contributed by atoms with Gasteiger partial charge in [-0.2, -0.15) is 5.10 Å². The van der Waals surface area contributed by atoms with Crippen LogP contribution in [0.2, 0.25) is 5.02 Å². The molecule has 0 fully saturated rings. The Hall–Kier alpha value is -3.84. The maximum absolute atomic E-state index is 12.4. The Labute approximate surface area is 184 Å². The van der Waals surface area contributed by atoms with E-state index in [1.165, 1.54) is 12.7 Å². The molecular weight excluding hydrogens is 416 g/mol. The number of anilines is 1. The van der Waals surface area contributed by atoms with Crippen LogP contribution in [0.5, 0.6) is 11.5 Å². The van der Waals surface area contributed by atoms with Crippen molar-refractivity contribution < 1.29 is 14.3 Å². The van der Waals surface area contributed by atoms with Gasteiger partial charge in [0.25, 0.3) is 5.91 Å². The number of carbonyl (C=O) groups is 1. The minimum Gasteiger partial charge on any atom is -0.489 e. The molecule has 0 aliphatic rings. The van der Waals surface area contributed by atoms with Gasteiger partial charge in [-0.05, 0) is 48.0 Å². The number of nitrogens with zero attached hydrogens (tertiary/aromatic N) is 3. The van der Waals surface area contributed by atoms with Crippen LogP contribution in [0.3, 0.4) is 0 Å². The van der Waals surface area contributed by atoms with Gasteiger partial charge in [-0.15, -0.1) is 0 Å². The van der Waals surface area contributed by atoms with E-state index in [0.717, 1.165) is 11.3 Å². The molecule has 0 spiro atoms. The van der Waals surface area contributed by atoms with Crippen molar-refractivity contribution in [1.29, 1.82) is 0 Å². The number of halogens is 1. The Balaban J connectivity index is 1.32. The predicted molar refractivity (Wildman–Crippen MR) is 118 cm³/mol. The fraction of sp³-hybridized carbons (Fsp3) is 0.0870. The van der Waals surface area contributed by atoms with Gasteiger partial charge in [-0.1, -0.05) is 41.9 Å². The summed E-state index contributed by atoms with van der Waals surface area (Å²) in [7, 11) is 0. The van der Waals surface area contributed by atoms with Crippen molar-refractivity contribution in [2.75, 3.05) is 11.9 Å². The summed E-state index contributed by atoms with van der Waals surface area (Å²) in [5.74, 6) is 0.954. The number of hydrogen-bond acceptors (Lipinski definition) is 5. The first-order valence-electron chi connectivity index (χ1n) is 9.51. The molecule has 1 amide bonds. The molecule has 3 aromatic carbocycles. The maximum atomic E-state index is 12.4. The van der Waals surface area contributed by atoms with Gasteiger partial charge in [-0.25, -0.2) is 9.67 Å². The first kappa shape index (κ1) is 20.4. The van der Waals surface area contributed by atoms with E-state index in [-0.39, 0.29) is 12.5 Å². The summed E-state index contributed by atoms with van der Waals surface area (Å²) in [6.45, 7) is 0.324. The number of amides is 1. The van der Waals surface area contributed by atoms with Gasteiger partial charge in [0.15, 0.2) is 6.61 Å². The molecule has 8 heteroatoms. The number of hydrogen-bond donors (Lipinski definition) is 1. The largest absolute Gasteiger partial charge is 0.489 e. The lowest BCUT2D eigenvalue weighted by molar-refractivity contribution is -0.118. The Morgan fingerprint density at radius 1 is 0.968 bits per heavy atom. The summed E-state index contributed by atoms with van der Waals surface area (Å²) in [5.41, 5.74) is 2.25. The van der Waals surface area contributed by atoms with Crippen LogP contribution < -0.4 is 14.8 Å². The maximum Gasteiger partial charge on any atom is 0.262 e. The first-order chi connectivity index (χ1) is 15.2. The van der Waals surface area contributed by atoms with Crippen molar-refractivity contribution in [2.24, 2.45) is 0 Å². The van der Waals surface area contributed by atoms with Gasteiger partial charge in [0, 0.05) is 5.02 Å². The van der Waals surface area contributed by atoms with Gasteiger partial charge < -0.3 is 14.8 Å². The molecule has 4 rings (SSSR count). The van der Waals surface area contributed by atoms with Crippen LogP contribution in [0, 0.1) is 0 Å². The third kappa shape index (κ3) is 5.61. The summed E-state index contributed by atoms with van der Waals surface area (Å²) in [6.07, 6.45) is 2.95. The number of rotatable bonds is 8. The number of aromatic nitrogens is 3. The topological polar surface area (TPSA) is 78.3 Å². The van der Waals surface area contributed by atoms with Crippen LogP contribution in [0.4, 0.5) is 5.69 Å². The monoisotopic (exact) mass is 434 g/mol. The highest BCUT2D eigenvalue weighted by Crippen LogP contribution is 2.24. The third-order valence-corrected chi connectivity index (χ3v) is 4.58. The molecule has 0 aliphatic carbocycles. The van der Waals surface area contributed by atoms with Crippen molar-refractivity contribution in [3.8, 4) is 17.2 Å². The van der Waals surface area contributed by atoms with E-state index in [4.69, 9.17) is 21.1 Å². The Bertz CT molecular complexity index is 1130. The van der Waals surface area contributed by atoms with Crippen LogP contribution in [0.25, 0.3) is 5.69 Å². The molecule has 156 valence electrons. The predicted octanol–water partition coefficient (Wildman–Crippen LogP) is 4.52. The van der Waals surface area contributed by atoms with Crippen LogP contribution in [-0.4, -0.2) is 27.3 Å². The zero-order chi connectivity index (χ0) is 21.5. The second kappa shape index (κ2) is 9.77. The van der Waals surface area contributed by atoms with E-state index in [9.17, 15) is 4.79 Å². The Morgan fingerprint density at radius 2 is 1.71 bits per heavy atom. The summed E-state index contributed by atoms with van der Waals surface area (Å²) in [5, 5.41) is 7.38. The third-order valence-electron chi connectivity index (χ3n) is 4.34. The number of carbonyl (C=O) groups excluding carboxylic acids is 1. The molecule has 0 aliphatic heterocycles. The highest BCUT2D eigenvalue weighted by Gasteiger charge is 2.11. The summed E-state index contributed by atoms with van der Waals surface area (Å²) in [4.78, 5) is 16.3. The summed E-state index contributed by atoms with van der Waals surface area (Å²) < 4.78 is 12.9. The van der Waals surface area contributed by atoms with Crippen molar-refractivity contribution in [3.05, 3.63) is 96.0 Å². The molecule has 0 atom stereocenters. The lowest BCUT2D eigenvalue weighted by Gasteiger charge is -2.12. The van der Waals surface area contributed by atoms with E-state index in [1.807, 2.05) is 30.3 Å². The van der Waals surface area contributed by atoms with Crippen molar-refractivity contribution in [2.45, 2.75) is 6.61 Å². The summed E-state index contributed by atoms with van der Waals surface area (Å²) in [6, 6.07) is 22.1. The second-order valence-corrected chi connectivity index (χ2v) is 7.02. The first-order valence-corrected chi connectivity index (χ1v) is 9.89. The van der Waals surface area contributed by atoms with Crippen molar-refractivity contribution in [3.63, 3.8) is 0 Å². The number of benzene rings is 3. The van der Waals surface area contributed by atoms with Gasteiger partial charge >= 0.3 is 0 Å². The van der Waals surface area contributed by atoms with E-state index < -0.39 is 0 Å². The molecular formula is C23H19ClN4O3. The molecule has 1 N–H and O–H groups in total. The Morgan fingerprint density at radius 3 is 2.42 bits per heavy atom. The lowest BCUT2D eigenvalue weighted by atomic mass is 10.2. The molecule has 1 aromatic heterocycles. The van der Waals surface area contributed by atoms with Gasteiger partial charge in [0.2, 0.25) is 0 Å². The average Bonchev–Trinajstić information content (AvgIpc) is 3.32. The van der Waals surface area contributed by atoms with E-state index in [0.29, 0.717) is 28.8 Å². The normalized spacial score (nSPS) is 10.5. The van der Waals surface area contributed by atoms with Crippen molar-refractivity contribution >= 4 is 23.2 Å². The van der Waals surface area contributed by atoms with Gasteiger partial charge in [0.05, 0.1) is 11.4 Å². The highest BCUT2D eigenvalue weighted by molar-refractivity contribution is 6.31. The molecule has 0 unspecified atom stereocenters. The van der Waals surface area contributed by atoms with Crippen molar-refractivity contribution in [1.82, 2.24) is 14.8 Å². The van der Waals surface area contributed by atoms with Crippen LogP contribution >= 0.6 is 11.6 Å². The number of nitrogens with one attached hydrogen (secondary N) is 1. The van der Waals surface area contributed by atoms with Gasteiger partial charge in [0.1, 0.15) is 30.8 Å². The molecule has 31 heavy (non-hydrogen) atoms. The molecule has 0 bridgehead atoms. The Kier molecular flexibility index (Phi) is 6.44. The van der Waals surface area contributed by atoms with Crippen LogP contribution in [0.15, 0.2) is 85.5 Å². The standard InChI is InChI=1S/C23H19ClN4O3/c24-18-6-11-22(28-16-25-15-26-28)21(12-18)27-23(29)14-31-20-9-7-19(8-10-20)30-13-17-4-2-1-3-5-17/h1-12,15-16H,13-14H2,(H,27,29). The van der Waals surface area contributed by atoms with E-state index in [1.54, 1.807) is 47.1 Å². The molecule has 0 radical (unpaired) electrons. The average molecular weight is 435 g/mol. The van der Waals surface area contributed by atoms with Crippen LogP contribution in [0.1, 0.15) is 5.56 Å².